The molecule has 0 aliphatic carbocycles. The van der Waals surface area contributed by atoms with Gasteiger partial charge in [0.15, 0.2) is 5.75 Å². The second kappa shape index (κ2) is 4.23. The maximum Gasteiger partial charge on any atom is 0.158 e. The lowest BCUT2D eigenvalue weighted by atomic mass is 9.92. The Kier molecular flexibility index (Phi) is 3.39. The minimum Gasteiger partial charge on any atom is -0.504 e. The fourth-order valence-corrected chi connectivity index (χ4v) is 1.31. The summed E-state index contributed by atoms with van der Waals surface area (Å²) in [6, 6.07) is -0.221. The van der Waals surface area contributed by atoms with Gasteiger partial charge in [-0.1, -0.05) is 20.8 Å². The molecule has 4 heteroatoms. The fraction of sp³-hybridized carbons (Fsp3) is 0.727. The van der Waals surface area contributed by atoms with E-state index in [4.69, 9.17) is 5.73 Å². The number of rotatable bonds is 3. The van der Waals surface area contributed by atoms with Gasteiger partial charge in [-0.3, -0.25) is 4.68 Å². The molecule has 0 amide bonds. The first kappa shape index (κ1) is 12.0. The molecule has 0 bridgehead atoms. The normalized spacial score (nSPS) is 14.2. The predicted octanol–water partition coefficient (Wildman–Crippen LogP) is 2.04. The van der Waals surface area contributed by atoms with E-state index in [1.807, 2.05) is 6.92 Å². The van der Waals surface area contributed by atoms with E-state index in [0.717, 1.165) is 13.0 Å². The lowest BCUT2D eigenvalue weighted by Gasteiger charge is -2.17. The summed E-state index contributed by atoms with van der Waals surface area (Å²) >= 11 is 0. The summed E-state index contributed by atoms with van der Waals surface area (Å²) in [5.74, 6) is 0.193. The summed E-state index contributed by atoms with van der Waals surface area (Å²) in [6.07, 6.45) is 2.66. The molecule has 1 aromatic rings. The van der Waals surface area contributed by atoms with Gasteiger partial charge in [0.1, 0.15) is 5.69 Å². The van der Waals surface area contributed by atoms with E-state index in [9.17, 15) is 5.11 Å². The van der Waals surface area contributed by atoms with Gasteiger partial charge in [-0.25, -0.2) is 0 Å². The highest BCUT2D eigenvalue weighted by Gasteiger charge is 2.14. The second-order valence-electron chi connectivity index (χ2n) is 5.26. The van der Waals surface area contributed by atoms with E-state index < -0.39 is 0 Å². The topological polar surface area (TPSA) is 64.1 Å². The molecular formula is C11H21N3O. The monoisotopic (exact) mass is 211 g/mol. The highest BCUT2D eigenvalue weighted by atomic mass is 16.3. The fourth-order valence-electron chi connectivity index (χ4n) is 1.31. The summed E-state index contributed by atoms with van der Waals surface area (Å²) in [6.45, 7) is 9.18. The van der Waals surface area contributed by atoms with Crippen molar-refractivity contribution < 1.29 is 5.11 Å². The third kappa shape index (κ3) is 3.55. The molecule has 1 aromatic heterocycles. The Morgan fingerprint density at radius 2 is 2.13 bits per heavy atom. The van der Waals surface area contributed by atoms with Crippen molar-refractivity contribution in [3.63, 3.8) is 0 Å². The number of nitrogens with zero attached hydrogens (tertiary/aromatic N) is 2. The Morgan fingerprint density at radius 1 is 1.53 bits per heavy atom. The molecule has 0 saturated heterocycles. The van der Waals surface area contributed by atoms with Gasteiger partial charge in [-0.15, -0.1) is 0 Å². The van der Waals surface area contributed by atoms with Gasteiger partial charge in [0.25, 0.3) is 0 Å². The van der Waals surface area contributed by atoms with Crippen LogP contribution >= 0.6 is 0 Å². The molecule has 4 nitrogen and oxygen atoms in total. The van der Waals surface area contributed by atoms with Gasteiger partial charge in [-0.05, 0) is 18.8 Å². The van der Waals surface area contributed by atoms with Crippen LogP contribution in [0.25, 0.3) is 0 Å². The number of aryl methyl sites for hydroxylation is 1. The molecule has 1 rings (SSSR count). The molecule has 0 spiro atoms. The maximum atomic E-state index is 9.57. The van der Waals surface area contributed by atoms with E-state index in [0.29, 0.717) is 5.69 Å². The molecule has 0 saturated carbocycles. The standard InChI is InChI=1S/C11H21N3O/c1-8(12)10-9(15)7-14(13-10)6-5-11(2,3)4/h7-8,15H,5-6,12H2,1-4H3. The lowest BCUT2D eigenvalue weighted by molar-refractivity contribution is 0.340. The Bertz CT molecular complexity index is 323. The molecule has 3 N–H and O–H groups in total. The van der Waals surface area contributed by atoms with Crippen LogP contribution in [0.5, 0.6) is 5.75 Å². The van der Waals surface area contributed by atoms with Gasteiger partial charge >= 0.3 is 0 Å². The SMILES string of the molecule is CC(N)c1nn(CCC(C)(C)C)cc1O. The van der Waals surface area contributed by atoms with Crippen LogP contribution in [-0.2, 0) is 6.54 Å². The van der Waals surface area contributed by atoms with Crippen molar-refractivity contribution in [2.24, 2.45) is 11.1 Å². The zero-order chi connectivity index (χ0) is 11.6. The summed E-state index contributed by atoms with van der Waals surface area (Å²) in [5, 5.41) is 13.8. The number of hydrogen-bond donors (Lipinski definition) is 2. The van der Waals surface area contributed by atoms with Crippen LogP contribution in [0.2, 0.25) is 0 Å². The summed E-state index contributed by atoms with van der Waals surface area (Å²) < 4.78 is 1.76. The Morgan fingerprint density at radius 3 is 2.53 bits per heavy atom. The minimum absolute atomic E-state index is 0.193. The third-order valence-electron chi connectivity index (χ3n) is 2.29. The van der Waals surface area contributed by atoms with Crippen LogP contribution in [0.1, 0.15) is 45.9 Å². The molecule has 15 heavy (non-hydrogen) atoms. The number of nitrogens with two attached hydrogens (primary N) is 1. The van der Waals surface area contributed by atoms with Gasteiger partial charge in [0.2, 0.25) is 0 Å². The van der Waals surface area contributed by atoms with Crippen LogP contribution in [0.4, 0.5) is 0 Å². The Balaban J connectivity index is 2.68. The van der Waals surface area contributed by atoms with Crippen LogP contribution in [0.3, 0.4) is 0 Å². The molecule has 1 unspecified atom stereocenters. The number of aromatic nitrogens is 2. The van der Waals surface area contributed by atoms with Crippen molar-refractivity contribution in [3.8, 4) is 5.75 Å². The molecule has 1 atom stereocenters. The molecule has 0 radical (unpaired) electrons. The second-order valence-corrected chi connectivity index (χ2v) is 5.26. The summed E-state index contributed by atoms with van der Waals surface area (Å²) in [7, 11) is 0. The number of aromatic hydroxyl groups is 1. The largest absolute Gasteiger partial charge is 0.504 e. The quantitative estimate of drug-likeness (QED) is 0.804. The van der Waals surface area contributed by atoms with Gasteiger partial charge in [0, 0.05) is 12.6 Å². The average molecular weight is 211 g/mol. The van der Waals surface area contributed by atoms with Crippen molar-refractivity contribution in [1.29, 1.82) is 0 Å². The number of hydrogen-bond acceptors (Lipinski definition) is 3. The molecule has 0 aliphatic heterocycles. The minimum atomic E-state index is -0.221. The average Bonchev–Trinajstić information content (AvgIpc) is 2.42. The summed E-state index contributed by atoms with van der Waals surface area (Å²) in [5.41, 5.74) is 6.52. The molecule has 86 valence electrons. The predicted molar refractivity (Wildman–Crippen MR) is 60.6 cm³/mol. The van der Waals surface area contributed by atoms with E-state index in [1.165, 1.54) is 0 Å². The van der Waals surface area contributed by atoms with Crippen LogP contribution in [0.15, 0.2) is 6.20 Å². The highest BCUT2D eigenvalue weighted by molar-refractivity contribution is 5.24. The summed E-state index contributed by atoms with van der Waals surface area (Å²) in [4.78, 5) is 0. The Hall–Kier alpha value is -1.03. The zero-order valence-electron chi connectivity index (χ0n) is 9.99. The third-order valence-corrected chi connectivity index (χ3v) is 2.29. The first-order chi connectivity index (χ1) is 6.79. The highest BCUT2D eigenvalue weighted by Crippen LogP contribution is 2.23. The first-order valence-corrected chi connectivity index (χ1v) is 5.31. The van der Waals surface area contributed by atoms with E-state index >= 15 is 0 Å². The molecule has 0 fully saturated rings. The smallest absolute Gasteiger partial charge is 0.158 e. The molecular weight excluding hydrogens is 190 g/mol. The van der Waals surface area contributed by atoms with Crippen molar-refractivity contribution in [3.05, 3.63) is 11.9 Å². The van der Waals surface area contributed by atoms with Crippen LogP contribution in [-0.4, -0.2) is 14.9 Å². The lowest BCUT2D eigenvalue weighted by Crippen LogP contribution is -2.12. The molecule has 0 aliphatic rings. The van der Waals surface area contributed by atoms with E-state index in [2.05, 4.69) is 25.9 Å². The first-order valence-electron chi connectivity index (χ1n) is 5.31. The maximum absolute atomic E-state index is 9.57. The molecule has 1 heterocycles. The van der Waals surface area contributed by atoms with Gasteiger partial charge < -0.3 is 10.8 Å². The van der Waals surface area contributed by atoms with Gasteiger partial charge in [0.05, 0.1) is 6.20 Å². The van der Waals surface area contributed by atoms with Crippen LogP contribution in [0, 0.1) is 5.41 Å². The van der Waals surface area contributed by atoms with Crippen molar-refractivity contribution in [2.75, 3.05) is 0 Å². The zero-order valence-corrected chi connectivity index (χ0v) is 9.99. The Labute approximate surface area is 91.1 Å². The van der Waals surface area contributed by atoms with E-state index in [1.54, 1.807) is 10.9 Å². The molecule has 0 aromatic carbocycles. The van der Waals surface area contributed by atoms with Crippen LogP contribution < -0.4 is 5.73 Å². The van der Waals surface area contributed by atoms with E-state index in [-0.39, 0.29) is 17.2 Å². The van der Waals surface area contributed by atoms with Crippen molar-refractivity contribution >= 4 is 0 Å². The van der Waals surface area contributed by atoms with Gasteiger partial charge in [-0.2, -0.15) is 5.10 Å². The van der Waals surface area contributed by atoms with Crippen molar-refractivity contribution in [2.45, 2.75) is 46.7 Å². The van der Waals surface area contributed by atoms with Crippen molar-refractivity contribution in [1.82, 2.24) is 9.78 Å².